The zero-order chi connectivity index (χ0) is 67.0. The molecule has 19 heteroatoms. The van der Waals surface area contributed by atoms with Crippen molar-refractivity contribution >= 4 is 39.5 Å². The molecule has 0 rings (SSSR count). The van der Waals surface area contributed by atoms with E-state index in [-0.39, 0.29) is 25.7 Å². The van der Waals surface area contributed by atoms with E-state index >= 15 is 0 Å². The number of phosphoric ester groups is 2. The van der Waals surface area contributed by atoms with Gasteiger partial charge in [-0.15, -0.1) is 0 Å². The van der Waals surface area contributed by atoms with Gasteiger partial charge in [0, 0.05) is 25.7 Å². The van der Waals surface area contributed by atoms with Crippen molar-refractivity contribution in [3.63, 3.8) is 0 Å². The standard InChI is InChI=1S/C72H140O17P2/c1-6-9-12-15-18-20-21-22-23-27-30-33-37-41-46-51-56-70(75)83-62-68(89-72(77)58-53-48-43-38-34-31-28-25-24-26-29-32-36-40-44-49-54-65(4)5)64-87-91(80,81)85-60-66(73)59-84-90(78,79)86-63-67(61-82-69(74)55-50-45-39-17-14-11-8-3)88-71(76)57-52-47-42-35-19-16-13-10-7-2/h65-68,73H,6-64H2,1-5H3,(H,78,79)(H,80,81)/t66-,67+,68+/m0/s1. The van der Waals surface area contributed by atoms with E-state index in [9.17, 15) is 43.2 Å². The van der Waals surface area contributed by atoms with E-state index in [4.69, 9.17) is 37.0 Å². The number of carbonyl (C=O) groups excluding carboxylic acids is 4. The van der Waals surface area contributed by atoms with Gasteiger partial charge in [-0.05, 0) is 31.6 Å². The first-order chi connectivity index (χ1) is 44.0. The van der Waals surface area contributed by atoms with Gasteiger partial charge in [0.2, 0.25) is 0 Å². The lowest BCUT2D eigenvalue weighted by Crippen LogP contribution is -2.30. The molecule has 0 saturated carbocycles. The Kier molecular flexibility index (Phi) is 64.0. The highest BCUT2D eigenvalue weighted by atomic mass is 31.2. The molecule has 0 aromatic heterocycles. The molecule has 0 fully saturated rings. The summed E-state index contributed by atoms with van der Waals surface area (Å²) in [5.41, 5.74) is 0. The molecule has 17 nitrogen and oxygen atoms in total. The zero-order valence-corrected chi connectivity index (χ0v) is 60.8. The molecule has 0 spiro atoms. The van der Waals surface area contributed by atoms with Crippen LogP contribution in [0.15, 0.2) is 0 Å². The van der Waals surface area contributed by atoms with Crippen molar-refractivity contribution < 1.29 is 80.2 Å². The number of aliphatic hydroxyl groups is 1. The van der Waals surface area contributed by atoms with Crippen molar-refractivity contribution in [3.05, 3.63) is 0 Å². The van der Waals surface area contributed by atoms with Crippen LogP contribution in [0.4, 0.5) is 0 Å². The Morgan fingerprint density at radius 1 is 0.297 bits per heavy atom. The normalized spacial score (nSPS) is 14.0. The Hall–Kier alpha value is -1.94. The third-order valence-electron chi connectivity index (χ3n) is 16.8. The van der Waals surface area contributed by atoms with E-state index in [0.29, 0.717) is 25.7 Å². The van der Waals surface area contributed by atoms with Gasteiger partial charge in [-0.25, -0.2) is 9.13 Å². The smallest absolute Gasteiger partial charge is 0.462 e. The van der Waals surface area contributed by atoms with Crippen molar-refractivity contribution in [1.82, 2.24) is 0 Å². The summed E-state index contributed by atoms with van der Waals surface area (Å²) in [7, 11) is -9.89. The zero-order valence-electron chi connectivity index (χ0n) is 59.0. The fourth-order valence-electron chi connectivity index (χ4n) is 11.0. The van der Waals surface area contributed by atoms with Gasteiger partial charge >= 0.3 is 39.5 Å². The predicted octanol–water partition coefficient (Wildman–Crippen LogP) is 20.9. The third-order valence-corrected chi connectivity index (χ3v) is 18.7. The molecule has 0 aromatic carbocycles. The van der Waals surface area contributed by atoms with Gasteiger partial charge in [-0.3, -0.25) is 37.3 Å². The number of hydrogen-bond acceptors (Lipinski definition) is 15. The van der Waals surface area contributed by atoms with Crippen LogP contribution in [-0.2, 0) is 65.4 Å². The van der Waals surface area contributed by atoms with Crippen molar-refractivity contribution in [2.45, 2.75) is 393 Å². The molecule has 0 aliphatic carbocycles. The molecule has 5 atom stereocenters. The van der Waals surface area contributed by atoms with Gasteiger partial charge in [0.05, 0.1) is 26.4 Å². The first-order valence-electron chi connectivity index (χ1n) is 37.6. The molecule has 540 valence electrons. The summed E-state index contributed by atoms with van der Waals surface area (Å²) in [4.78, 5) is 72.4. The fraction of sp³-hybridized carbons (Fsp3) is 0.944. The fourth-order valence-corrected chi connectivity index (χ4v) is 12.6. The van der Waals surface area contributed by atoms with E-state index in [1.807, 2.05) is 0 Å². The average molecular weight is 1340 g/mol. The SMILES string of the molecule is CCCCCCCCCCCCCCCCCCC(=O)OC[C@H](COP(=O)(O)OC[C@@H](O)COP(=O)(O)OC[C@@H](COC(=O)CCCCCCCCC)OC(=O)CCCCCCCCCCC)OC(=O)CCCCCCCCCCCCCCCCCCC(C)C. The van der Waals surface area contributed by atoms with Crippen molar-refractivity contribution in [3.8, 4) is 0 Å². The van der Waals surface area contributed by atoms with Gasteiger partial charge < -0.3 is 33.8 Å². The van der Waals surface area contributed by atoms with E-state index in [0.717, 1.165) is 109 Å². The highest BCUT2D eigenvalue weighted by molar-refractivity contribution is 7.47. The summed E-state index contributed by atoms with van der Waals surface area (Å²) in [6.45, 7) is 7.24. The summed E-state index contributed by atoms with van der Waals surface area (Å²) >= 11 is 0. The van der Waals surface area contributed by atoms with Gasteiger partial charge in [0.15, 0.2) is 12.2 Å². The molecule has 0 saturated heterocycles. The quantitative estimate of drug-likeness (QED) is 0.0222. The molecule has 91 heavy (non-hydrogen) atoms. The Labute approximate surface area is 556 Å². The lowest BCUT2D eigenvalue weighted by molar-refractivity contribution is -0.161. The van der Waals surface area contributed by atoms with Crippen LogP contribution in [0.25, 0.3) is 0 Å². The molecule has 0 aliphatic heterocycles. The highest BCUT2D eigenvalue weighted by Gasteiger charge is 2.30. The number of carbonyl (C=O) groups is 4. The maximum absolute atomic E-state index is 13.1. The van der Waals surface area contributed by atoms with E-state index in [2.05, 4.69) is 34.6 Å². The summed E-state index contributed by atoms with van der Waals surface area (Å²) in [5, 5.41) is 10.6. The number of ether oxygens (including phenoxy) is 4. The molecular formula is C72H140O17P2. The molecule has 0 aromatic rings. The molecule has 0 heterocycles. The van der Waals surface area contributed by atoms with Crippen LogP contribution in [0.2, 0.25) is 0 Å². The maximum atomic E-state index is 13.1. The average Bonchev–Trinajstić information content (AvgIpc) is 3.59. The van der Waals surface area contributed by atoms with Crippen LogP contribution >= 0.6 is 15.6 Å². The van der Waals surface area contributed by atoms with Crippen LogP contribution in [0.3, 0.4) is 0 Å². The van der Waals surface area contributed by atoms with Crippen LogP contribution in [0, 0.1) is 5.92 Å². The Bertz CT molecular complexity index is 1750. The van der Waals surface area contributed by atoms with Gasteiger partial charge in [-0.1, -0.05) is 324 Å². The minimum absolute atomic E-state index is 0.106. The molecular weight excluding hydrogens is 1200 g/mol. The topological polar surface area (TPSA) is 237 Å². The van der Waals surface area contributed by atoms with Gasteiger partial charge in [0.1, 0.15) is 19.3 Å². The lowest BCUT2D eigenvalue weighted by Gasteiger charge is -2.21. The summed E-state index contributed by atoms with van der Waals surface area (Å²) < 4.78 is 68.2. The Morgan fingerprint density at radius 2 is 0.505 bits per heavy atom. The summed E-state index contributed by atoms with van der Waals surface area (Å²) in [6, 6.07) is 0. The number of esters is 4. The second kappa shape index (κ2) is 65.4. The minimum Gasteiger partial charge on any atom is -0.462 e. The van der Waals surface area contributed by atoms with Gasteiger partial charge in [-0.2, -0.15) is 0 Å². The van der Waals surface area contributed by atoms with Crippen LogP contribution in [0.5, 0.6) is 0 Å². The Morgan fingerprint density at radius 3 is 0.747 bits per heavy atom. The van der Waals surface area contributed by atoms with Crippen LogP contribution < -0.4 is 0 Å². The molecule has 0 amide bonds. The highest BCUT2D eigenvalue weighted by Crippen LogP contribution is 2.45. The molecule has 0 radical (unpaired) electrons. The first kappa shape index (κ1) is 89.1. The maximum Gasteiger partial charge on any atom is 0.472 e. The largest absolute Gasteiger partial charge is 0.472 e. The molecule has 2 unspecified atom stereocenters. The number of aliphatic hydroxyl groups excluding tert-OH is 1. The molecule has 0 aliphatic rings. The van der Waals surface area contributed by atoms with E-state index < -0.39 is 97.5 Å². The monoisotopic (exact) mass is 1340 g/mol. The number of unbranched alkanes of at least 4 members (excludes halogenated alkanes) is 44. The van der Waals surface area contributed by atoms with Gasteiger partial charge in [0.25, 0.3) is 0 Å². The van der Waals surface area contributed by atoms with Crippen molar-refractivity contribution in [1.29, 1.82) is 0 Å². The predicted molar refractivity (Wildman–Crippen MR) is 368 cm³/mol. The molecule has 3 N–H and O–H groups in total. The Balaban J connectivity index is 5.16. The lowest BCUT2D eigenvalue weighted by atomic mass is 10.0. The number of rotatable bonds is 72. The second-order valence-corrected chi connectivity index (χ2v) is 29.4. The number of hydrogen-bond donors (Lipinski definition) is 3. The second-order valence-electron chi connectivity index (χ2n) is 26.5. The van der Waals surface area contributed by atoms with Crippen molar-refractivity contribution in [2.24, 2.45) is 5.92 Å². The van der Waals surface area contributed by atoms with Crippen LogP contribution in [-0.4, -0.2) is 96.7 Å². The van der Waals surface area contributed by atoms with Crippen LogP contribution in [0.1, 0.15) is 375 Å². The summed E-state index contributed by atoms with van der Waals surface area (Å²) in [5.74, 6) is -1.32. The third kappa shape index (κ3) is 66.5. The molecule has 0 bridgehead atoms. The number of phosphoric acid groups is 2. The minimum atomic E-state index is -4.95. The van der Waals surface area contributed by atoms with E-state index in [1.165, 1.54) is 186 Å². The summed E-state index contributed by atoms with van der Waals surface area (Å²) in [6.07, 6.45) is 52.9. The van der Waals surface area contributed by atoms with Crippen molar-refractivity contribution in [2.75, 3.05) is 39.6 Å². The first-order valence-corrected chi connectivity index (χ1v) is 40.6. The van der Waals surface area contributed by atoms with E-state index in [1.54, 1.807) is 0 Å².